The van der Waals surface area contributed by atoms with Gasteiger partial charge in [-0.05, 0) is 42.5 Å². The Labute approximate surface area is 101 Å². The number of fused-ring (bicyclic) bond motifs is 1. The maximum Gasteiger partial charge on any atom is 0.306 e. The number of carboxylic acid groups (broad SMARTS) is 1. The number of carbonyl (C=O) groups is 1. The third-order valence-corrected chi connectivity index (χ3v) is 3.61. The Balaban J connectivity index is 2.37. The molecule has 1 unspecified atom stereocenters. The van der Waals surface area contributed by atoms with Crippen LogP contribution in [0.4, 0.5) is 0 Å². The maximum atomic E-state index is 10.9. The van der Waals surface area contributed by atoms with E-state index in [0.717, 1.165) is 16.5 Å². The van der Waals surface area contributed by atoms with Gasteiger partial charge in [0.25, 0.3) is 0 Å². The highest BCUT2D eigenvalue weighted by Gasteiger charge is 2.25. The van der Waals surface area contributed by atoms with E-state index in [0.29, 0.717) is 17.9 Å². The van der Waals surface area contributed by atoms with Crippen molar-refractivity contribution in [2.24, 2.45) is 5.92 Å². The van der Waals surface area contributed by atoms with E-state index in [2.05, 4.69) is 15.9 Å². The molecule has 0 saturated carbocycles. The van der Waals surface area contributed by atoms with Crippen LogP contribution in [0.15, 0.2) is 16.6 Å². The summed E-state index contributed by atoms with van der Waals surface area (Å²) in [6, 6.07) is 3.85. The van der Waals surface area contributed by atoms with E-state index in [1.807, 2.05) is 12.1 Å². The minimum atomic E-state index is -0.723. The van der Waals surface area contributed by atoms with Gasteiger partial charge in [0.2, 0.25) is 0 Å². The van der Waals surface area contributed by atoms with Crippen LogP contribution in [0.25, 0.3) is 0 Å². The van der Waals surface area contributed by atoms with Crippen LogP contribution >= 0.6 is 27.5 Å². The standard InChI is InChI=1S/C11H10BrClO2/c12-8-3-6-1-2-7(11(14)15)4-9(6)10(13)5-8/h3,5,7H,1-2,4H2,(H,14,15). The average Bonchev–Trinajstić information content (AvgIpc) is 2.16. The molecule has 0 heterocycles. The van der Waals surface area contributed by atoms with Crippen LogP contribution in [0.3, 0.4) is 0 Å². The van der Waals surface area contributed by atoms with Gasteiger partial charge >= 0.3 is 5.97 Å². The largest absolute Gasteiger partial charge is 0.481 e. The molecule has 2 rings (SSSR count). The molecule has 0 aromatic heterocycles. The second kappa shape index (κ2) is 4.14. The summed E-state index contributed by atoms with van der Waals surface area (Å²) in [5.74, 6) is -1.00. The molecule has 0 amide bonds. The second-order valence-electron chi connectivity index (χ2n) is 3.80. The number of hydrogen-bond donors (Lipinski definition) is 1. The van der Waals surface area contributed by atoms with Crippen LogP contribution in [0.1, 0.15) is 17.5 Å². The van der Waals surface area contributed by atoms with Gasteiger partial charge in [0.1, 0.15) is 0 Å². The van der Waals surface area contributed by atoms with Crippen LogP contribution in [-0.2, 0) is 17.6 Å². The minimum Gasteiger partial charge on any atom is -0.481 e. The average molecular weight is 290 g/mol. The molecular formula is C11H10BrClO2. The van der Waals surface area contributed by atoms with Crippen molar-refractivity contribution in [2.45, 2.75) is 19.3 Å². The van der Waals surface area contributed by atoms with E-state index in [1.165, 1.54) is 5.56 Å². The van der Waals surface area contributed by atoms with Crippen molar-refractivity contribution in [3.63, 3.8) is 0 Å². The quantitative estimate of drug-likeness (QED) is 0.861. The number of carboxylic acids is 1. The minimum absolute atomic E-state index is 0.281. The molecule has 1 atom stereocenters. The first kappa shape index (κ1) is 11.0. The number of rotatable bonds is 1. The fraction of sp³-hybridized carbons (Fsp3) is 0.364. The first-order valence-corrected chi connectivity index (χ1v) is 5.94. The predicted molar refractivity (Wildman–Crippen MR) is 62.3 cm³/mol. The Morgan fingerprint density at radius 1 is 1.53 bits per heavy atom. The Morgan fingerprint density at radius 3 is 2.93 bits per heavy atom. The van der Waals surface area contributed by atoms with Crippen molar-refractivity contribution in [3.05, 3.63) is 32.8 Å². The first-order chi connectivity index (χ1) is 7.08. The fourth-order valence-corrected chi connectivity index (χ4v) is 2.95. The van der Waals surface area contributed by atoms with Gasteiger partial charge in [-0.1, -0.05) is 27.5 Å². The summed E-state index contributed by atoms with van der Waals surface area (Å²) in [6.07, 6.45) is 2.05. The SMILES string of the molecule is O=C(O)C1CCc2cc(Br)cc(Cl)c2C1. The van der Waals surface area contributed by atoms with Gasteiger partial charge in [0.05, 0.1) is 5.92 Å². The van der Waals surface area contributed by atoms with Crippen molar-refractivity contribution in [1.82, 2.24) is 0 Å². The second-order valence-corrected chi connectivity index (χ2v) is 5.13. The zero-order chi connectivity index (χ0) is 11.0. The van der Waals surface area contributed by atoms with E-state index in [9.17, 15) is 4.79 Å². The lowest BCUT2D eigenvalue weighted by Crippen LogP contribution is -2.22. The van der Waals surface area contributed by atoms with Gasteiger partial charge in [-0.15, -0.1) is 0 Å². The van der Waals surface area contributed by atoms with Gasteiger partial charge in [-0.2, -0.15) is 0 Å². The van der Waals surface area contributed by atoms with E-state index in [1.54, 1.807) is 0 Å². The van der Waals surface area contributed by atoms with E-state index >= 15 is 0 Å². The molecule has 1 aliphatic rings. The van der Waals surface area contributed by atoms with Crippen molar-refractivity contribution in [1.29, 1.82) is 0 Å². The van der Waals surface area contributed by atoms with Crippen molar-refractivity contribution < 1.29 is 9.90 Å². The van der Waals surface area contributed by atoms with Crippen LogP contribution in [0.2, 0.25) is 5.02 Å². The summed E-state index contributed by atoms with van der Waals surface area (Å²) in [5, 5.41) is 9.63. The number of benzene rings is 1. The summed E-state index contributed by atoms with van der Waals surface area (Å²) in [6.45, 7) is 0. The highest BCUT2D eigenvalue weighted by molar-refractivity contribution is 9.10. The Morgan fingerprint density at radius 2 is 2.27 bits per heavy atom. The van der Waals surface area contributed by atoms with E-state index in [-0.39, 0.29) is 5.92 Å². The Kier molecular flexibility index (Phi) is 3.03. The van der Waals surface area contributed by atoms with Gasteiger partial charge in [-0.3, -0.25) is 4.79 Å². The lowest BCUT2D eigenvalue weighted by atomic mass is 9.84. The molecule has 0 spiro atoms. The zero-order valence-corrected chi connectivity index (χ0v) is 10.3. The smallest absolute Gasteiger partial charge is 0.306 e. The van der Waals surface area contributed by atoms with E-state index < -0.39 is 5.97 Å². The molecular weight excluding hydrogens is 279 g/mol. The molecule has 0 radical (unpaired) electrons. The van der Waals surface area contributed by atoms with Crippen molar-refractivity contribution in [3.8, 4) is 0 Å². The maximum absolute atomic E-state index is 10.9. The van der Waals surface area contributed by atoms with E-state index in [4.69, 9.17) is 16.7 Å². The summed E-state index contributed by atoms with van der Waals surface area (Å²) >= 11 is 9.48. The first-order valence-electron chi connectivity index (χ1n) is 4.77. The molecule has 0 fully saturated rings. The van der Waals surface area contributed by atoms with Gasteiger partial charge in [-0.25, -0.2) is 0 Å². The number of aryl methyl sites for hydroxylation is 1. The molecule has 1 aromatic rings. The molecule has 0 bridgehead atoms. The lowest BCUT2D eigenvalue weighted by Gasteiger charge is -2.22. The third kappa shape index (κ3) is 2.18. The topological polar surface area (TPSA) is 37.3 Å². The summed E-state index contributed by atoms with van der Waals surface area (Å²) in [7, 11) is 0. The normalized spacial score (nSPS) is 19.7. The number of aliphatic carboxylic acids is 1. The fourth-order valence-electron chi connectivity index (χ4n) is 2.00. The molecule has 1 N–H and O–H groups in total. The molecule has 80 valence electrons. The van der Waals surface area contributed by atoms with Crippen molar-refractivity contribution in [2.75, 3.05) is 0 Å². The van der Waals surface area contributed by atoms with Crippen LogP contribution in [-0.4, -0.2) is 11.1 Å². The molecule has 0 saturated heterocycles. The van der Waals surface area contributed by atoms with Gasteiger partial charge < -0.3 is 5.11 Å². The predicted octanol–water partition coefficient (Wildman–Crippen LogP) is 3.29. The highest BCUT2D eigenvalue weighted by Crippen LogP contribution is 2.33. The number of halogens is 2. The summed E-state index contributed by atoms with van der Waals surface area (Å²) in [4.78, 5) is 10.9. The molecule has 1 aromatic carbocycles. The molecule has 4 heteroatoms. The highest BCUT2D eigenvalue weighted by atomic mass is 79.9. The number of hydrogen-bond acceptors (Lipinski definition) is 1. The van der Waals surface area contributed by atoms with Gasteiger partial charge in [0, 0.05) is 9.50 Å². The van der Waals surface area contributed by atoms with Crippen LogP contribution in [0.5, 0.6) is 0 Å². The summed E-state index contributed by atoms with van der Waals surface area (Å²) in [5.41, 5.74) is 2.17. The molecule has 1 aliphatic carbocycles. The molecule has 15 heavy (non-hydrogen) atoms. The van der Waals surface area contributed by atoms with Gasteiger partial charge in [0.15, 0.2) is 0 Å². The van der Waals surface area contributed by atoms with Crippen molar-refractivity contribution >= 4 is 33.5 Å². The molecule has 2 nitrogen and oxygen atoms in total. The van der Waals surface area contributed by atoms with Crippen LogP contribution < -0.4 is 0 Å². The Hall–Kier alpha value is -0.540. The Bertz CT molecular complexity index is 417. The lowest BCUT2D eigenvalue weighted by molar-refractivity contribution is -0.142. The summed E-state index contributed by atoms with van der Waals surface area (Å²) < 4.78 is 0.958. The zero-order valence-electron chi connectivity index (χ0n) is 7.96. The molecule has 0 aliphatic heterocycles. The monoisotopic (exact) mass is 288 g/mol. The van der Waals surface area contributed by atoms with Crippen LogP contribution in [0, 0.1) is 5.92 Å². The third-order valence-electron chi connectivity index (χ3n) is 2.81.